The summed E-state index contributed by atoms with van der Waals surface area (Å²) in [7, 11) is 0. The predicted octanol–water partition coefficient (Wildman–Crippen LogP) is 1.74. The summed E-state index contributed by atoms with van der Waals surface area (Å²) in [6.45, 7) is 6.05. The molecule has 6 nitrogen and oxygen atoms in total. The van der Waals surface area contributed by atoms with Gasteiger partial charge < -0.3 is 14.5 Å². The van der Waals surface area contributed by atoms with Crippen molar-refractivity contribution in [1.29, 1.82) is 0 Å². The van der Waals surface area contributed by atoms with Gasteiger partial charge in [-0.3, -0.25) is 14.4 Å². The molecule has 6 heteroatoms. The summed E-state index contributed by atoms with van der Waals surface area (Å²) in [6, 6.07) is 7.53. The number of amides is 1. The minimum atomic E-state index is -0.245. The van der Waals surface area contributed by atoms with Crippen molar-refractivity contribution in [1.82, 2.24) is 4.90 Å². The zero-order valence-corrected chi connectivity index (χ0v) is 14.7. The summed E-state index contributed by atoms with van der Waals surface area (Å²) in [5.74, 6) is 0.0542. The number of anilines is 1. The molecule has 2 fully saturated rings. The lowest BCUT2D eigenvalue weighted by molar-refractivity contribution is -0.153. The Bertz CT molecular complexity index is 663. The van der Waals surface area contributed by atoms with E-state index in [0.717, 1.165) is 25.2 Å². The van der Waals surface area contributed by atoms with Gasteiger partial charge in [0.1, 0.15) is 0 Å². The summed E-state index contributed by atoms with van der Waals surface area (Å²) in [6.07, 6.45) is 0.869. The van der Waals surface area contributed by atoms with Crippen LogP contribution >= 0.6 is 0 Å². The van der Waals surface area contributed by atoms with E-state index >= 15 is 0 Å². The van der Waals surface area contributed by atoms with Gasteiger partial charge in [0.05, 0.1) is 5.92 Å². The minimum Gasteiger partial charge on any atom is -0.455 e. The van der Waals surface area contributed by atoms with Crippen molar-refractivity contribution in [3.63, 3.8) is 0 Å². The first-order valence-corrected chi connectivity index (χ1v) is 8.76. The number of ether oxygens (including phenoxy) is 1. The molecule has 3 rings (SSSR count). The molecule has 0 bridgehead atoms. The van der Waals surface area contributed by atoms with Crippen molar-refractivity contribution in [2.45, 2.75) is 20.3 Å². The maximum atomic E-state index is 12.2. The van der Waals surface area contributed by atoms with Gasteiger partial charge in [-0.15, -0.1) is 0 Å². The van der Waals surface area contributed by atoms with Crippen LogP contribution in [0.1, 0.15) is 30.6 Å². The van der Waals surface area contributed by atoms with Gasteiger partial charge in [-0.1, -0.05) is 6.92 Å². The molecule has 1 saturated carbocycles. The third-order valence-electron chi connectivity index (χ3n) is 5.02. The first-order chi connectivity index (χ1) is 12.0. The Hall–Kier alpha value is -2.37. The van der Waals surface area contributed by atoms with Crippen LogP contribution in [-0.4, -0.2) is 55.3 Å². The second kappa shape index (κ2) is 7.25. The normalized spacial score (nSPS) is 22.5. The van der Waals surface area contributed by atoms with Crippen LogP contribution in [0.15, 0.2) is 24.3 Å². The number of carbonyl (C=O) groups excluding carboxylic acids is 3. The third kappa shape index (κ3) is 4.18. The smallest absolute Gasteiger partial charge is 0.309 e. The summed E-state index contributed by atoms with van der Waals surface area (Å²) >= 11 is 0. The highest BCUT2D eigenvalue weighted by atomic mass is 16.5. The number of benzene rings is 1. The van der Waals surface area contributed by atoms with E-state index < -0.39 is 0 Å². The fourth-order valence-corrected chi connectivity index (χ4v) is 3.10. The van der Waals surface area contributed by atoms with Crippen molar-refractivity contribution in [2.75, 3.05) is 37.7 Å². The Kier molecular flexibility index (Phi) is 5.06. The maximum absolute atomic E-state index is 12.2. The van der Waals surface area contributed by atoms with E-state index in [1.165, 1.54) is 0 Å². The van der Waals surface area contributed by atoms with E-state index in [2.05, 4.69) is 4.90 Å². The molecule has 2 atom stereocenters. The van der Waals surface area contributed by atoms with Gasteiger partial charge in [-0.05, 0) is 43.5 Å². The maximum Gasteiger partial charge on any atom is 0.309 e. The molecule has 2 aliphatic rings. The standard InChI is InChI=1S/C19H24N2O4/c1-13-11-17(13)19(24)25-12-18(23)21-9-7-20(8-10-21)16-5-3-15(4-6-16)14(2)22/h3-6,13,17H,7-12H2,1-2H3/t13-,17+/m1/s1. The van der Waals surface area contributed by atoms with Crippen LogP contribution in [0.4, 0.5) is 5.69 Å². The molecule has 0 N–H and O–H groups in total. The molecule has 0 spiro atoms. The van der Waals surface area contributed by atoms with E-state index in [9.17, 15) is 14.4 Å². The molecule has 0 unspecified atom stereocenters. The molecule has 1 amide bonds. The van der Waals surface area contributed by atoms with Gasteiger partial charge in [0.25, 0.3) is 5.91 Å². The summed E-state index contributed by atoms with van der Waals surface area (Å²) in [5.41, 5.74) is 1.75. The number of hydrogen-bond acceptors (Lipinski definition) is 5. The number of piperazine rings is 1. The van der Waals surface area contributed by atoms with Gasteiger partial charge in [0.15, 0.2) is 12.4 Å². The fraction of sp³-hybridized carbons (Fsp3) is 0.526. The summed E-state index contributed by atoms with van der Waals surface area (Å²) < 4.78 is 5.12. The van der Waals surface area contributed by atoms with E-state index in [1.54, 1.807) is 11.8 Å². The average Bonchev–Trinajstić information content (AvgIpc) is 3.36. The lowest BCUT2D eigenvalue weighted by Crippen LogP contribution is -2.50. The second-order valence-electron chi connectivity index (χ2n) is 6.90. The van der Waals surface area contributed by atoms with E-state index in [1.807, 2.05) is 31.2 Å². The van der Waals surface area contributed by atoms with Gasteiger partial charge in [-0.25, -0.2) is 0 Å². The van der Waals surface area contributed by atoms with Crippen molar-refractivity contribution in [3.8, 4) is 0 Å². The molecule has 0 radical (unpaired) electrons. The molecule has 134 valence electrons. The summed E-state index contributed by atoms with van der Waals surface area (Å²) in [5, 5.41) is 0. The van der Waals surface area contributed by atoms with Gasteiger partial charge in [-0.2, -0.15) is 0 Å². The van der Waals surface area contributed by atoms with E-state index in [0.29, 0.717) is 24.6 Å². The Morgan fingerprint density at radius 2 is 1.68 bits per heavy atom. The Balaban J connectivity index is 1.45. The number of esters is 1. The van der Waals surface area contributed by atoms with Crippen LogP contribution in [0, 0.1) is 11.8 Å². The van der Waals surface area contributed by atoms with E-state index in [-0.39, 0.29) is 30.2 Å². The van der Waals surface area contributed by atoms with Crippen LogP contribution < -0.4 is 4.90 Å². The Morgan fingerprint density at radius 1 is 1.08 bits per heavy atom. The highest BCUT2D eigenvalue weighted by Crippen LogP contribution is 2.38. The lowest BCUT2D eigenvalue weighted by Gasteiger charge is -2.36. The topological polar surface area (TPSA) is 66.9 Å². The zero-order chi connectivity index (χ0) is 18.0. The van der Waals surface area contributed by atoms with Crippen molar-refractivity contribution < 1.29 is 19.1 Å². The first kappa shape index (κ1) is 17.5. The van der Waals surface area contributed by atoms with Crippen LogP contribution in [0.3, 0.4) is 0 Å². The second-order valence-corrected chi connectivity index (χ2v) is 6.90. The third-order valence-corrected chi connectivity index (χ3v) is 5.02. The first-order valence-electron chi connectivity index (χ1n) is 8.76. The molecule has 1 aliphatic carbocycles. The number of hydrogen-bond donors (Lipinski definition) is 0. The highest BCUT2D eigenvalue weighted by Gasteiger charge is 2.40. The molecule has 1 aromatic rings. The molecule has 0 aromatic heterocycles. The number of nitrogens with zero attached hydrogens (tertiary/aromatic N) is 2. The van der Waals surface area contributed by atoms with Crippen molar-refractivity contribution >= 4 is 23.3 Å². The number of Topliss-reactive ketones (excluding diaryl/α,β-unsaturated/α-hetero) is 1. The average molecular weight is 344 g/mol. The summed E-state index contributed by atoms with van der Waals surface area (Å²) in [4.78, 5) is 39.1. The quantitative estimate of drug-likeness (QED) is 0.601. The zero-order valence-electron chi connectivity index (χ0n) is 14.7. The largest absolute Gasteiger partial charge is 0.455 e. The molecular formula is C19H24N2O4. The SMILES string of the molecule is CC(=O)c1ccc(N2CCN(C(=O)COC(=O)[C@H]3C[C@H]3C)CC2)cc1. The minimum absolute atomic E-state index is 0.0115. The van der Waals surface area contributed by atoms with Gasteiger partial charge in [0.2, 0.25) is 0 Å². The van der Waals surface area contributed by atoms with Crippen LogP contribution in [-0.2, 0) is 14.3 Å². The molecule has 25 heavy (non-hydrogen) atoms. The number of carbonyl (C=O) groups is 3. The van der Waals surface area contributed by atoms with Crippen LogP contribution in [0.2, 0.25) is 0 Å². The Morgan fingerprint density at radius 3 is 2.20 bits per heavy atom. The lowest BCUT2D eigenvalue weighted by atomic mass is 10.1. The Labute approximate surface area is 147 Å². The van der Waals surface area contributed by atoms with Crippen LogP contribution in [0.5, 0.6) is 0 Å². The molecule has 1 heterocycles. The fourth-order valence-electron chi connectivity index (χ4n) is 3.10. The van der Waals surface area contributed by atoms with Crippen LogP contribution in [0.25, 0.3) is 0 Å². The highest BCUT2D eigenvalue weighted by molar-refractivity contribution is 5.94. The monoisotopic (exact) mass is 344 g/mol. The molecular weight excluding hydrogens is 320 g/mol. The van der Waals surface area contributed by atoms with Gasteiger partial charge in [0, 0.05) is 37.4 Å². The van der Waals surface area contributed by atoms with Crippen molar-refractivity contribution in [2.24, 2.45) is 11.8 Å². The van der Waals surface area contributed by atoms with Gasteiger partial charge >= 0.3 is 5.97 Å². The molecule has 1 aliphatic heterocycles. The molecule has 1 aromatic carbocycles. The van der Waals surface area contributed by atoms with Crippen molar-refractivity contribution in [3.05, 3.63) is 29.8 Å². The number of ketones is 1. The number of rotatable bonds is 5. The van der Waals surface area contributed by atoms with E-state index in [4.69, 9.17) is 4.74 Å². The molecule has 1 saturated heterocycles. The predicted molar refractivity (Wildman–Crippen MR) is 93.5 cm³/mol.